The summed E-state index contributed by atoms with van der Waals surface area (Å²) in [7, 11) is 0. The number of carbonyl (C=O) groups is 1. The highest BCUT2D eigenvalue weighted by Gasteiger charge is 2.38. The third kappa shape index (κ3) is 5.00. The lowest BCUT2D eigenvalue weighted by molar-refractivity contribution is 0.00567. The molecule has 1 aliphatic rings. The molecule has 0 spiro atoms. The molecule has 1 N–H and O–H groups in total. The molecule has 8 heteroatoms. The molecule has 0 amide bonds. The average Bonchev–Trinajstić information content (AvgIpc) is 3.41. The van der Waals surface area contributed by atoms with Crippen LogP contribution in [-0.2, 0) is 16.7 Å². The summed E-state index contributed by atoms with van der Waals surface area (Å²) in [6.07, 6.45) is 10.1. The lowest BCUT2D eigenvalue weighted by atomic mass is 9.92. The number of carbonyl (C=O) groups excluding carboxylic acids is 1. The van der Waals surface area contributed by atoms with E-state index < -0.39 is 11.6 Å². The molecule has 182 valence electrons. The van der Waals surface area contributed by atoms with Crippen LogP contribution in [0.2, 0.25) is 0 Å². The van der Waals surface area contributed by atoms with Crippen molar-refractivity contribution in [1.29, 1.82) is 0 Å². The van der Waals surface area contributed by atoms with Gasteiger partial charge in [-0.25, -0.2) is 14.8 Å². The van der Waals surface area contributed by atoms with Gasteiger partial charge in [0.1, 0.15) is 17.1 Å². The van der Waals surface area contributed by atoms with Crippen LogP contribution in [0.4, 0.5) is 0 Å². The molecule has 3 heterocycles. The SMILES string of the molecule is CCCCOc1c(O)nc(CC2(n3ccc4cccnc43)CCCC2)nc1C(=O)OC(C)(C)C. The fraction of sp³-hybridized carbons (Fsp3) is 0.538. The molecule has 0 aromatic carbocycles. The second-order valence-corrected chi connectivity index (χ2v) is 10.1. The molecular formula is C26H34N4O4. The molecule has 0 saturated heterocycles. The highest BCUT2D eigenvalue weighted by molar-refractivity contribution is 5.91. The number of esters is 1. The third-order valence-corrected chi connectivity index (χ3v) is 6.21. The van der Waals surface area contributed by atoms with Gasteiger partial charge in [-0.2, -0.15) is 4.98 Å². The Labute approximate surface area is 200 Å². The highest BCUT2D eigenvalue weighted by atomic mass is 16.6. The van der Waals surface area contributed by atoms with E-state index in [1.165, 1.54) is 0 Å². The summed E-state index contributed by atoms with van der Waals surface area (Å²) in [6, 6.07) is 6.05. The van der Waals surface area contributed by atoms with Crippen molar-refractivity contribution in [2.24, 2.45) is 0 Å². The molecule has 0 atom stereocenters. The fourth-order valence-corrected chi connectivity index (χ4v) is 4.66. The minimum Gasteiger partial charge on any atom is -0.491 e. The topological polar surface area (TPSA) is 99.4 Å². The standard InChI is InChI=1S/C26H34N4O4/c1-5-6-16-33-21-20(24(32)34-25(2,3)4)28-19(29-23(21)31)17-26(12-7-8-13-26)30-15-11-18-10-9-14-27-22(18)30/h9-11,14-15H,5-8,12-13,16-17H2,1-4H3,(H,28,29,31). The zero-order valence-electron chi connectivity index (χ0n) is 20.5. The number of nitrogens with zero attached hydrogens (tertiary/aromatic N) is 4. The average molecular weight is 467 g/mol. The highest BCUT2D eigenvalue weighted by Crippen LogP contribution is 2.41. The van der Waals surface area contributed by atoms with Gasteiger partial charge in [-0.1, -0.05) is 26.2 Å². The van der Waals surface area contributed by atoms with E-state index in [4.69, 9.17) is 9.47 Å². The molecule has 0 bridgehead atoms. The van der Waals surface area contributed by atoms with Crippen LogP contribution < -0.4 is 4.74 Å². The Balaban J connectivity index is 1.73. The molecular weight excluding hydrogens is 432 g/mol. The first kappa shape index (κ1) is 24.0. The van der Waals surface area contributed by atoms with E-state index in [9.17, 15) is 9.90 Å². The summed E-state index contributed by atoms with van der Waals surface area (Å²) in [5.74, 6) is -0.585. The maximum Gasteiger partial charge on any atom is 0.361 e. The number of rotatable bonds is 8. The maximum absolute atomic E-state index is 13.0. The van der Waals surface area contributed by atoms with Crippen molar-refractivity contribution in [2.45, 2.75) is 83.8 Å². The summed E-state index contributed by atoms with van der Waals surface area (Å²) in [5.41, 5.74) is -0.100. The van der Waals surface area contributed by atoms with Crippen LogP contribution >= 0.6 is 0 Å². The minimum absolute atomic E-state index is 0.0139. The van der Waals surface area contributed by atoms with Crippen LogP contribution in [0, 0.1) is 0 Å². The first-order valence-corrected chi connectivity index (χ1v) is 12.1. The smallest absolute Gasteiger partial charge is 0.361 e. The second-order valence-electron chi connectivity index (χ2n) is 10.1. The molecule has 4 rings (SSSR count). The molecule has 1 fully saturated rings. The monoisotopic (exact) mass is 466 g/mol. The Hall–Kier alpha value is -3.16. The number of aromatic hydroxyl groups is 1. The fourth-order valence-electron chi connectivity index (χ4n) is 4.66. The summed E-state index contributed by atoms with van der Waals surface area (Å²) in [4.78, 5) is 26.6. The van der Waals surface area contributed by atoms with Crippen molar-refractivity contribution >= 4 is 17.0 Å². The van der Waals surface area contributed by atoms with Crippen LogP contribution in [0.1, 0.15) is 82.5 Å². The van der Waals surface area contributed by atoms with Crippen molar-refractivity contribution in [2.75, 3.05) is 6.61 Å². The number of aromatic nitrogens is 4. The lowest BCUT2D eigenvalue weighted by Gasteiger charge is -2.31. The number of fused-ring (bicyclic) bond motifs is 1. The van der Waals surface area contributed by atoms with Gasteiger partial charge in [0.25, 0.3) is 5.88 Å². The zero-order valence-corrected chi connectivity index (χ0v) is 20.5. The van der Waals surface area contributed by atoms with E-state index in [0.29, 0.717) is 18.9 Å². The minimum atomic E-state index is -0.707. The normalized spacial score (nSPS) is 15.5. The van der Waals surface area contributed by atoms with Gasteiger partial charge < -0.3 is 19.1 Å². The first-order valence-electron chi connectivity index (χ1n) is 12.1. The molecule has 1 saturated carbocycles. The molecule has 0 radical (unpaired) electrons. The van der Waals surface area contributed by atoms with Crippen molar-refractivity contribution in [3.8, 4) is 11.6 Å². The Bertz CT molecular complexity index is 1160. The maximum atomic E-state index is 13.0. The lowest BCUT2D eigenvalue weighted by Crippen LogP contribution is -2.34. The van der Waals surface area contributed by atoms with Gasteiger partial charge >= 0.3 is 5.97 Å². The van der Waals surface area contributed by atoms with E-state index in [1.807, 2.05) is 19.1 Å². The second kappa shape index (κ2) is 9.60. The van der Waals surface area contributed by atoms with Crippen LogP contribution in [0.25, 0.3) is 11.0 Å². The molecule has 1 aliphatic carbocycles. The Morgan fingerprint density at radius 3 is 2.68 bits per heavy atom. The quantitative estimate of drug-likeness (QED) is 0.361. The molecule has 8 nitrogen and oxygen atoms in total. The summed E-state index contributed by atoms with van der Waals surface area (Å²) in [6.45, 7) is 7.78. The Morgan fingerprint density at radius 2 is 1.97 bits per heavy atom. The first-order chi connectivity index (χ1) is 16.2. The van der Waals surface area contributed by atoms with E-state index in [-0.39, 0.29) is 22.9 Å². The molecule has 0 unspecified atom stereocenters. The predicted octanol–water partition coefficient (Wildman–Crippen LogP) is 5.18. The van der Waals surface area contributed by atoms with Crippen LogP contribution in [0.15, 0.2) is 30.6 Å². The number of pyridine rings is 1. The number of ether oxygens (including phenoxy) is 2. The van der Waals surface area contributed by atoms with Crippen molar-refractivity contribution in [1.82, 2.24) is 19.5 Å². The predicted molar refractivity (Wildman–Crippen MR) is 129 cm³/mol. The molecule has 3 aromatic heterocycles. The zero-order chi connectivity index (χ0) is 24.3. The van der Waals surface area contributed by atoms with Crippen molar-refractivity contribution in [3.63, 3.8) is 0 Å². The summed E-state index contributed by atoms with van der Waals surface area (Å²) < 4.78 is 13.5. The van der Waals surface area contributed by atoms with Gasteiger partial charge in [0.15, 0.2) is 5.69 Å². The van der Waals surface area contributed by atoms with Gasteiger partial charge in [0.05, 0.1) is 12.1 Å². The van der Waals surface area contributed by atoms with Gasteiger partial charge in [-0.3, -0.25) is 0 Å². The summed E-state index contributed by atoms with van der Waals surface area (Å²) in [5, 5.41) is 11.9. The van der Waals surface area contributed by atoms with Gasteiger partial charge in [-0.05, 0) is 58.2 Å². The molecule has 34 heavy (non-hydrogen) atoms. The number of unbranched alkanes of at least 4 members (excludes halogenated alkanes) is 1. The van der Waals surface area contributed by atoms with Crippen LogP contribution in [0.3, 0.4) is 0 Å². The van der Waals surface area contributed by atoms with Crippen LogP contribution in [-0.4, -0.2) is 42.8 Å². The van der Waals surface area contributed by atoms with Crippen LogP contribution in [0.5, 0.6) is 11.6 Å². The Kier molecular flexibility index (Phi) is 6.77. The third-order valence-electron chi connectivity index (χ3n) is 6.21. The molecule has 3 aromatic rings. The van der Waals surface area contributed by atoms with Gasteiger partial charge in [-0.15, -0.1) is 0 Å². The van der Waals surface area contributed by atoms with E-state index in [0.717, 1.165) is 49.6 Å². The molecule has 0 aliphatic heterocycles. The summed E-state index contributed by atoms with van der Waals surface area (Å²) >= 11 is 0. The van der Waals surface area contributed by atoms with E-state index in [1.54, 1.807) is 27.0 Å². The Morgan fingerprint density at radius 1 is 1.21 bits per heavy atom. The van der Waals surface area contributed by atoms with Gasteiger partial charge in [0.2, 0.25) is 5.75 Å². The van der Waals surface area contributed by atoms with Crippen molar-refractivity contribution in [3.05, 3.63) is 42.1 Å². The number of hydrogen-bond donors (Lipinski definition) is 1. The van der Waals surface area contributed by atoms with E-state index in [2.05, 4.69) is 31.8 Å². The van der Waals surface area contributed by atoms with E-state index >= 15 is 0 Å². The van der Waals surface area contributed by atoms with Crippen molar-refractivity contribution < 1.29 is 19.4 Å². The number of hydrogen-bond acceptors (Lipinski definition) is 7. The largest absolute Gasteiger partial charge is 0.491 e. The van der Waals surface area contributed by atoms with Gasteiger partial charge in [0, 0.05) is 24.2 Å².